The summed E-state index contributed by atoms with van der Waals surface area (Å²) in [6, 6.07) is 7.35. The summed E-state index contributed by atoms with van der Waals surface area (Å²) in [6.45, 7) is 2.08. The van der Waals surface area contributed by atoms with Gasteiger partial charge in [-0.15, -0.1) is 0 Å². The Kier molecular flexibility index (Phi) is 4.22. The average molecular weight is 328 g/mol. The van der Waals surface area contributed by atoms with Gasteiger partial charge in [0.1, 0.15) is 0 Å². The van der Waals surface area contributed by atoms with Crippen LogP contribution in [-0.2, 0) is 5.54 Å². The van der Waals surface area contributed by atoms with Crippen LogP contribution < -0.4 is 22.6 Å². The van der Waals surface area contributed by atoms with Crippen molar-refractivity contribution in [1.29, 1.82) is 0 Å². The zero-order valence-electron chi connectivity index (χ0n) is 13.9. The van der Waals surface area contributed by atoms with Crippen LogP contribution in [0.4, 0.5) is 11.4 Å². The number of rotatable bonds is 2. The Morgan fingerprint density at radius 1 is 1.00 bits per heavy atom. The van der Waals surface area contributed by atoms with Crippen LogP contribution >= 0.6 is 0 Å². The summed E-state index contributed by atoms with van der Waals surface area (Å²) in [7, 11) is 0. The predicted octanol–water partition coefficient (Wildman–Crippen LogP) is 2.10. The molecule has 0 saturated heterocycles. The standard InChI is InChI=1S/2C9H12N2O/c1-9(4-5-9)11-6-2-3-7(10)8(11)12;10-8-5-2-6-11(9(8)12)7-3-1-4-7/h2-3,6H,4-5,10H2,1H3;2,5-7H,1,3-4,10H2. The van der Waals surface area contributed by atoms with Gasteiger partial charge in [0.2, 0.25) is 0 Å². The van der Waals surface area contributed by atoms with Gasteiger partial charge in [0.25, 0.3) is 11.1 Å². The quantitative estimate of drug-likeness (QED) is 0.882. The van der Waals surface area contributed by atoms with Gasteiger partial charge in [-0.05, 0) is 63.3 Å². The molecule has 0 unspecified atom stereocenters. The van der Waals surface area contributed by atoms with Crippen molar-refractivity contribution in [2.45, 2.75) is 50.6 Å². The molecule has 2 fully saturated rings. The van der Waals surface area contributed by atoms with Crippen molar-refractivity contribution in [3.63, 3.8) is 0 Å². The Morgan fingerprint density at radius 3 is 2.12 bits per heavy atom. The van der Waals surface area contributed by atoms with Crippen molar-refractivity contribution in [1.82, 2.24) is 9.13 Å². The van der Waals surface area contributed by atoms with Crippen LogP contribution in [0.2, 0.25) is 0 Å². The molecule has 4 N–H and O–H groups in total. The fraction of sp³-hybridized carbons (Fsp3) is 0.444. The van der Waals surface area contributed by atoms with Crippen molar-refractivity contribution >= 4 is 11.4 Å². The van der Waals surface area contributed by atoms with Crippen molar-refractivity contribution in [3.05, 3.63) is 57.4 Å². The monoisotopic (exact) mass is 328 g/mol. The summed E-state index contributed by atoms with van der Waals surface area (Å²) in [5.41, 5.74) is 11.7. The highest BCUT2D eigenvalue weighted by Crippen LogP contribution is 2.41. The number of hydrogen-bond acceptors (Lipinski definition) is 4. The van der Waals surface area contributed by atoms with Gasteiger partial charge in [-0.1, -0.05) is 0 Å². The van der Waals surface area contributed by atoms with Gasteiger partial charge in [0.05, 0.1) is 11.4 Å². The minimum atomic E-state index is -0.0579. The molecule has 128 valence electrons. The van der Waals surface area contributed by atoms with Gasteiger partial charge in [-0.2, -0.15) is 0 Å². The molecule has 24 heavy (non-hydrogen) atoms. The average Bonchev–Trinajstić information content (AvgIpc) is 3.24. The third-order valence-corrected chi connectivity index (χ3v) is 5.00. The van der Waals surface area contributed by atoms with E-state index in [4.69, 9.17) is 11.5 Å². The van der Waals surface area contributed by atoms with Crippen molar-refractivity contribution in [2.24, 2.45) is 0 Å². The van der Waals surface area contributed by atoms with E-state index in [2.05, 4.69) is 6.92 Å². The number of nitrogens with zero attached hydrogens (tertiary/aromatic N) is 2. The lowest BCUT2D eigenvalue weighted by Crippen LogP contribution is -2.29. The fourth-order valence-electron chi connectivity index (χ4n) is 2.84. The van der Waals surface area contributed by atoms with Crippen LogP contribution in [0.3, 0.4) is 0 Å². The number of hydrogen-bond donors (Lipinski definition) is 2. The first-order chi connectivity index (χ1) is 11.4. The fourth-order valence-corrected chi connectivity index (χ4v) is 2.84. The molecule has 0 aromatic carbocycles. The van der Waals surface area contributed by atoms with Crippen LogP contribution in [-0.4, -0.2) is 9.13 Å². The second kappa shape index (κ2) is 6.19. The number of nitrogens with two attached hydrogens (primary N) is 2. The zero-order valence-corrected chi connectivity index (χ0v) is 13.9. The van der Waals surface area contributed by atoms with E-state index < -0.39 is 0 Å². The maximum atomic E-state index is 11.5. The minimum Gasteiger partial charge on any atom is -0.394 e. The van der Waals surface area contributed by atoms with Crippen molar-refractivity contribution in [3.8, 4) is 0 Å². The van der Waals surface area contributed by atoms with E-state index in [1.807, 2.05) is 24.5 Å². The van der Waals surface area contributed by atoms with Crippen molar-refractivity contribution in [2.75, 3.05) is 11.5 Å². The summed E-state index contributed by atoms with van der Waals surface area (Å²) < 4.78 is 3.49. The predicted molar refractivity (Wildman–Crippen MR) is 96.0 cm³/mol. The SMILES string of the molecule is CC1(n2cccc(N)c2=O)CC1.Nc1cccn(C2CCC2)c1=O. The lowest BCUT2D eigenvalue weighted by atomic mass is 9.93. The summed E-state index contributed by atoms with van der Waals surface area (Å²) in [6.07, 6.45) is 9.25. The highest BCUT2D eigenvalue weighted by molar-refractivity contribution is 5.35. The molecule has 2 aromatic heterocycles. The molecular weight excluding hydrogens is 304 g/mol. The maximum absolute atomic E-state index is 11.5. The molecule has 0 radical (unpaired) electrons. The van der Waals surface area contributed by atoms with Crippen LogP contribution in [0.5, 0.6) is 0 Å². The van der Waals surface area contributed by atoms with E-state index in [1.54, 1.807) is 21.3 Å². The molecule has 0 spiro atoms. The van der Waals surface area contributed by atoms with E-state index in [-0.39, 0.29) is 16.7 Å². The molecule has 4 rings (SSSR count). The van der Waals surface area contributed by atoms with E-state index in [9.17, 15) is 9.59 Å². The minimum absolute atomic E-state index is 0.0396. The number of anilines is 2. The van der Waals surface area contributed by atoms with Gasteiger partial charge in [-0.3, -0.25) is 9.59 Å². The molecule has 0 atom stereocenters. The number of nitrogen functional groups attached to an aromatic ring is 2. The first-order valence-corrected chi connectivity index (χ1v) is 8.37. The lowest BCUT2D eigenvalue weighted by Gasteiger charge is -2.27. The van der Waals surface area contributed by atoms with Crippen LogP contribution in [0, 0.1) is 0 Å². The topological polar surface area (TPSA) is 96.0 Å². The molecule has 2 aliphatic carbocycles. The summed E-state index contributed by atoms with van der Waals surface area (Å²) in [5.74, 6) is 0. The van der Waals surface area contributed by atoms with Crippen LogP contribution in [0.25, 0.3) is 0 Å². The number of aromatic nitrogens is 2. The first-order valence-electron chi connectivity index (χ1n) is 8.37. The van der Waals surface area contributed by atoms with Crippen LogP contribution in [0.15, 0.2) is 46.2 Å². The van der Waals surface area contributed by atoms with Gasteiger partial charge in [0, 0.05) is 24.0 Å². The number of pyridine rings is 2. The smallest absolute Gasteiger partial charge is 0.274 e. The highest BCUT2D eigenvalue weighted by atomic mass is 16.1. The third kappa shape index (κ3) is 3.09. The largest absolute Gasteiger partial charge is 0.394 e. The lowest BCUT2D eigenvalue weighted by molar-refractivity contribution is 0.307. The molecule has 0 aliphatic heterocycles. The van der Waals surface area contributed by atoms with Crippen LogP contribution in [0.1, 0.15) is 45.1 Å². The van der Waals surface area contributed by atoms with E-state index >= 15 is 0 Å². The molecule has 2 saturated carbocycles. The normalized spacial score (nSPS) is 18.2. The summed E-state index contributed by atoms with van der Waals surface area (Å²) in [5, 5.41) is 0. The van der Waals surface area contributed by atoms with Gasteiger partial charge < -0.3 is 20.6 Å². The summed E-state index contributed by atoms with van der Waals surface area (Å²) >= 11 is 0. The molecule has 2 heterocycles. The Hall–Kier alpha value is -2.50. The van der Waals surface area contributed by atoms with E-state index in [0.29, 0.717) is 17.4 Å². The van der Waals surface area contributed by atoms with E-state index in [0.717, 1.165) is 25.7 Å². The van der Waals surface area contributed by atoms with Gasteiger partial charge in [0.15, 0.2) is 0 Å². The highest BCUT2D eigenvalue weighted by Gasteiger charge is 2.39. The Bertz CT molecular complexity index is 845. The molecule has 6 heteroatoms. The van der Waals surface area contributed by atoms with Crippen molar-refractivity contribution < 1.29 is 0 Å². The zero-order chi connectivity index (χ0) is 17.3. The Labute approximate surface area is 140 Å². The first kappa shape index (κ1) is 16.4. The Balaban J connectivity index is 0.000000141. The Morgan fingerprint density at radius 2 is 1.58 bits per heavy atom. The molecular formula is C18H24N4O2. The summed E-state index contributed by atoms with van der Waals surface area (Å²) in [4.78, 5) is 22.9. The molecule has 2 aliphatic rings. The maximum Gasteiger partial charge on any atom is 0.274 e. The molecule has 0 bridgehead atoms. The molecule has 0 amide bonds. The third-order valence-electron chi connectivity index (χ3n) is 5.00. The molecule has 2 aromatic rings. The second-order valence-corrected chi connectivity index (χ2v) is 6.90. The van der Waals surface area contributed by atoms with Gasteiger partial charge in [-0.25, -0.2) is 0 Å². The van der Waals surface area contributed by atoms with Gasteiger partial charge >= 0.3 is 0 Å². The molecule has 6 nitrogen and oxygen atoms in total. The van der Waals surface area contributed by atoms with E-state index in [1.165, 1.54) is 6.42 Å². The second-order valence-electron chi connectivity index (χ2n) is 6.90.